The Morgan fingerprint density at radius 3 is 2.02 bits per heavy atom. The fourth-order valence-electron chi connectivity index (χ4n) is 4.44. The SMILES string of the molecule is CCOC(Cc1ccc(OCCN2c3ccccc3Sc3ccccc32)cc1)C(=O)O.NC(CO)c1ccccc1. The van der Waals surface area contributed by atoms with Crippen LogP contribution in [-0.2, 0) is 16.0 Å². The van der Waals surface area contributed by atoms with E-state index in [-0.39, 0.29) is 12.6 Å². The molecule has 0 amide bonds. The summed E-state index contributed by atoms with van der Waals surface area (Å²) in [4.78, 5) is 16.1. The average Bonchev–Trinajstić information content (AvgIpc) is 3.01. The van der Waals surface area contributed by atoms with Crippen molar-refractivity contribution in [2.45, 2.75) is 35.3 Å². The molecule has 0 fully saturated rings. The standard InChI is InChI=1S/C25H25NO4S.C8H11NO/c1-2-29-22(25(27)28)17-18-11-13-19(14-12-18)30-16-15-26-20-7-3-5-9-23(20)31-24-10-6-4-8-21(24)26;9-8(6-10)7-4-2-1-3-5-7/h3-14,22H,2,15-17H2,1H3,(H,27,28);1-5,8,10H,6,9H2. The molecule has 214 valence electrons. The lowest BCUT2D eigenvalue weighted by Gasteiger charge is -2.32. The Balaban J connectivity index is 0.000000328. The Hall–Kier alpha value is -3.82. The van der Waals surface area contributed by atoms with Crippen LogP contribution in [0, 0.1) is 0 Å². The largest absolute Gasteiger partial charge is 0.492 e. The maximum Gasteiger partial charge on any atom is 0.333 e. The first kappa shape index (κ1) is 30.1. The summed E-state index contributed by atoms with van der Waals surface area (Å²) in [7, 11) is 0. The van der Waals surface area contributed by atoms with E-state index in [0.717, 1.165) is 23.4 Å². The minimum absolute atomic E-state index is 0.00398. The fourth-order valence-corrected chi connectivity index (χ4v) is 5.53. The molecule has 4 aromatic carbocycles. The summed E-state index contributed by atoms with van der Waals surface area (Å²) in [6.07, 6.45) is -0.489. The highest BCUT2D eigenvalue weighted by molar-refractivity contribution is 7.99. The average molecular weight is 573 g/mol. The van der Waals surface area contributed by atoms with Crippen molar-refractivity contribution in [3.05, 3.63) is 114 Å². The van der Waals surface area contributed by atoms with E-state index in [9.17, 15) is 9.90 Å². The number of aliphatic hydroxyl groups excluding tert-OH is 1. The number of aliphatic hydroxyl groups is 1. The summed E-state index contributed by atoms with van der Waals surface area (Å²) in [6, 6.07) is 33.7. The van der Waals surface area contributed by atoms with Crippen molar-refractivity contribution < 1.29 is 24.5 Å². The van der Waals surface area contributed by atoms with E-state index in [1.807, 2.05) is 54.6 Å². The van der Waals surface area contributed by atoms with Gasteiger partial charge in [-0.25, -0.2) is 4.79 Å². The van der Waals surface area contributed by atoms with Gasteiger partial charge in [0.15, 0.2) is 6.10 Å². The number of fused-ring (bicyclic) bond motifs is 2. The Labute approximate surface area is 245 Å². The number of carbonyl (C=O) groups is 1. The Morgan fingerprint density at radius 1 is 0.878 bits per heavy atom. The summed E-state index contributed by atoms with van der Waals surface area (Å²) in [5, 5.41) is 17.9. The second kappa shape index (κ2) is 15.3. The van der Waals surface area contributed by atoms with Crippen LogP contribution in [0.2, 0.25) is 0 Å². The van der Waals surface area contributed by atoms with Crippen molar-refractivity contribution in [1.82, 2.24) is 0 Å². The van der Waals surface area contributed by atoms with Crippen LogP contribution in [0.1, 0.15) is 24.1 Å². The molecule has 2 unspecified atom stereocenters. The van der Waals surface area contributed by atoms with Crippen LogP contribution in [0.3, 0.4) is 0 Å². The fraction of sp³-hybridized carbons (Fsp3) is 0.242. The lowest BCUT2D eigenvalue weighted by atomic mass is 10.1. The molecular formula is C33H36N2O5S. The zero-order chi connectivity index (χ0) is 29.0. The normalized spacial score (nSPS) is 13.2. The number of nitrogens with zero attached hydrogens (tertiary/aromatic N) is 1. The molecule has 7 nitrogen and oxygen atoms in total. The molecule has 0 aromatic heterocycles. The molecule has 0 bridgehead atoms. The molecule has 2 atom stereocenters. The Morgan fingerprint density at radius 2 is 1.46 bits per heavy atom. The van der Waals surface area contributed by atoms with E-state index < -0.39 is 12.1 Å². The Bertz CT molecular complexity index is 1340. The highest BCUT2D eigenvalue weighted by Gasteiger charge is 2.22. The van der Waals surface area contributed by atoms with Crippen molar-refractivity contribution in [2.75, 3.05) is 31.3 Å². The van der Waals surface area contributed by atoms with Crippen LogP contribution >= 0.6 is 11.8 Å². The number of ether oxygens (including phenoxy) is 2. The number of hydrogen-bond acceptors (Lipinski definition) is 7. The molecule has 4 N–H and O–H groups in total. The minimum Gasteiger partial charge on any atom is -0.492 e. The molecule has 0 radical (unpaired) electrons. The monoisotopic (exact) mass is 572 g/mol. The maximum absolute atomic E-state index is 11.3. The van der Waals surface area contributed by atoms with Gasteiger partial charge in [0.1, 0.15) is 12.4 Å². The third kappa shape index (κ3) is 8.34. The number of para-hydroxylation sites is 2. The molecular weight excluding hydrogens is 536 g/mol. The summed E-state index contributed by atoms with van der Waals surface area (Å²) in [6.45, 7) is 3.43. The molecule has 8 heteroatoms. The predicted octanol–water partition coefficient (Wildman–Crippen LogP) is 6.08. The first-order chi connectivity index (χ1) is 20.0. The first-order valence-corrected chi connectivity index (χ1v) is 14.4. The van der Waals surface area contributed by atoms with Gasteiger partial charge in [-0.2, -0.15) is 0 Å². The predicted molar refractivity (Wildman–Crippen MR) is 163 cm³/mol. The zero-order valence-corrected chi connectivity index (χ0v) is 23.9. The molecule has 1 aliphatic heterocycles. The second-order valence-corrected chi connectivity index (χ2v) is 10.5. The maximum atomic E-state index is 11.3. The van der Waals surface area contributed by atoms with E-state index >= 15 is 0 Å². The van der Waals surface area contributed by atoms with E-state index in [0.29, 0.717) is 19.6 Å². The molecule has 1 aliphatic rings. The highest BCUT2D eigenvalue weighted by atomic mass is 32.2. The molecule has 4 aromatic rings. The molecule has 0 saturated heterocycles. The van der Waals surface area contributed by atoms with Gasteiger partial charge < -0.3 is 30.3 Å². The molecule has 0 saturated carbocycles. The van der Waals surface area contributed by atoms with Gasteiger partial charge in [0.05, 0.1) is 30.6 Å². The number of rotatable bonds is 11. The Kier molecular flexibility index (Phi) is 11.2. The molecule has 0 spiro atoms. The van der Waals surface area contributed by atoms with Crippen LogP contribution in [0.25, 0.3) is 0 Å². The number of anilines is 2. The lowest BCUT2D eigenvalue weighted by Crippen LogP contribution is -2.26. The van der Waals surface area contributed by atoms with Crippen LogP contribution in [0.4, 0.5) is 11.4 Å². The van der Waals surface area contributed by atoms with Gasteiger partial charge in [0.25, 0.3) is 0 Å². The summed E-state index contributed by atoms with van der Waals surface area (Å²) in [5.74, 6) is -0.178. The van der Waals surface area contributed by atoms with E-state index in [4.69, 9.17) is 20.3 Å². The zero-order valence-electron chi connectivity index (χ0n) is 23.1. The van der Waals surface area contributed by atoms with Crippen molar-refractivity contribution in [2.24, 2.45) is 5.73 Å². The number of carboxylic acid groups (broad SMARTS) is 1. The molecule has 0 aliphatic carbocycles. The lowest BCUT2D eigenvalue weighted by molar-refractivity contribution is -0.149. The molecule has 1 heterocycles. The number of hydrogen-bond donors (Lipinski definition) is 3. The third-order valence-corrected chi connectivity index (χ3v) is 7.66. The quantitative estimate of drug-likeness (QED) is 0.199. The number of carboxylic acids is 1. The third-order valence-electron chi connectivity index (χ3n) is 6.53. The van der Waals surface area contributed by atoms with Crippen LogP contribution in [0.15, 0.2) is 113 Å². The summed E-state index contributed by atoms with van der Waals surface area (Å²) >= 11 is 1.79. The van der Waals surface area contributed by atoms with Crippen molar-refractivity contribution >= 4 is 29.1 Å². The second-order valence-electron chi connectivity index (χ2n) is 9.37. The van der Waals surface area contributed by atoms with Crippen molar-refractivity contribution in [3.63, 3.8) is 0 Å². The van der Waals surface area contributed by atoms with Crippen LogP contribution in [-0.4, -0.2) is 48.7 Å². The molecule has 41 heavy (non-hydrogen) atoms. The summed E-state index contributed by atoms with van der Waals surface area (Å²) in [5.41, 5.74) is 9.82. The van der Waals surface area contributed by atoms with E-state index in [1.165, 1.54) is 21.2 Å². The van der Waals surface area contributed by atoms with Gasteiger partial charge in [-0.05, 0) is 54.4 Å². The highest BCUT2D eigenvalue weighted by Crippen LogP contribution is 2.47. The summed E-state index contributed by atoms with van der Waals surface area (Å²) < 4.78 is 11.3. The van der Waals surface area contributed by atoms with Gasteiger partial charge in [-0.15, -0.1) is 0 Å². The minimum atomic E-state index is -0.942. The van der Waals surface area contributed by atoms with E-state index in [1.54, 1.807) is 18.7 Å². The smallest absolute Gasteiger partial charge is 0.333 e. The van der Waals surface area contributed by atoms with Crippen LogP contribution < -0.4 is 15.4 Å². The topological polar surface area (TPSA) is 105 Å². The first-order valence-electron chi connectivity index (χ1n) is 13.6. The molecule has 5 rings (SSSR count). The van der Waals surface area contributed by atoms with Gasteiger partial charge in [0, 0.05) is 22.8 Å². The van der Waals surface area contributed by atoms with Gasteiger partial charge in [-0.3, -0.25) is 0 Å². The van der Waals surface area contributed by atoms with Gasteiger partial charge in [0.2, 0.25) is 0 Å². The van der Waals surface area contributed by atoms with E-state index in [2.05, 4.69) is 53.4 Å². The van der Waals surface area contributed by atoms with Crippen LogP contribution in [0.5, 0.6) is 5.75 Å². The van der Waals surface area contributed by atoms with Crippen molar-refractivity contribution in [3.8, 4) is 5.75 Å². The van der Waals surface area contributed by atoms with Crippen molar-refractivity contribution in [1.29, 1.82) is 0 Å². The van der Waals surface area contributed by atoms with Gasteiger partial charge in [-0.1, -0.05) is 78.5 Å². The number of aliphatic carboxylic acids is 1. The van der Waals surface area contributed by atoms with Gasteiger partial charge >= 0.3 is 5.97 Å². The number of nitrogens with two attached hydrogens (primary N) is 1. The number of benzene rings is 4.